The van der Waals surface area contributed by atoms with Crippen LogP contribution in [0.2, 0.25) is 0 Å². The highest BCUT2D eigenvalue weighted by Crippen LogP contribution is 2.39. The standard InChI is InChI=1S/C22H22BrN3O3S/c23-16-7-5-6-15(12-16)13-24-19(27)14-26-17-8-1-2-9-18(17)30-20(22(26)29)21(28)25-10-3-4-11-25/h1-2,5-9,12,20H,3-4,10-11,13-14H2,(H,24,27)/t20-/m1/s1. The Hall–Kier alpha value is -2.32. The van der Waals surface area contributed by atoms with Gasteiger partial charge in [0.1, 0.15) is 6.54 Å². The molecular formula is C22H22BrN3O3S. The first-order valence-electron chi connectivity index (χ1n) is 9.90. The van der Waals surface area contributed by atoms with Crippen LogP contribution in [0.3, 0.4) is 0 Å². The van der Waals surface area contributed by atoms with E-state index >= 15 is 0 Å². The van der Waals surface area contributed by atoms with Gasteiger partial charge in [0, 0.05) is 29.0 Å². The molecule has 0 aliphatic carbocycles. The number of fused-ring (bicyclic) bond motifs is 1. The van der Waals surface area contributed by atoms with E-state index in [0.717, 1.165) is 27.8 Å². The molecule has 0 aromatic heterocycles. The summed E-state index contributed by atoms with van der Waals surface area (Å²) < 4.78 is 0.940. The van der Waals surface area contributed by atoms with Crippen LogP contribution < -0.4 is 10.2 Å². The number of benzene rings is 2. The van der Waals surface area contributed by atoms with Gasteiger partial charge >= 0.3 is 0 Å². The van der Waals surface area contributed by atoms with Gasteiger partial charge in [0.15, 0.2) is 5.25 Å². The molecule has 2 aromatic carbocycles. The summed E-state index contributed by atoms with van der Waals surface area (Å²) in [6, 6.07) is 15.1. The molecule has 2 aliphatic rings. The number of halogens is 1. The minimum atomic E-state index is -0.837. The lowest BCUT2D eigenvalue weighted by Crippen LogP contribution is -2.51. The van der Waals surface area contributed by atoms with Crippen molar-refractivity contribution in [3.05, 3.63) is 58.6 Å². The van der Waals surface area contributed by atoms with E-state index in [2.05, 4.69) is 21.2 Å². The van der Waals surface area contributed by atoms with Gasteiger partial charge in [0.2, 0.25) is 11.8 Å². The lowest BCUT2D eigenvalue weighted by Gasteiger charge is -2.34. The van der Waals surface area contributed by atoms with Crippen LogP contribution in [0.5, 0.6) is 0 Å². The molecule has 0 spiro atoms. The second-order valence-electron chi connectivity index (χ2n) is 7.33. The molecule has 2 aliphatic heterocycles. The Bertz CT molecular complexity index is 978. The Labute approximate surface area is 188 Å². The summed E-state index contributed by atoms with van der Waals surface area (Å²) in [6.45, 7) is 1.64. The predicted molar refractivity (Wildman–Crippen MR) is 120 cm³/mol. The number of thioether (sulfide) groups is 1. The van der Waals surface area contributed by atoms with Crippen molar-refractivity contribution in [3.8, 4) is 0 Å². The fraction of sp³-hybridized carbons (Fsp3) is 0.318. The van der Waals surface area contributed by atoms with E-state index in [1.54, 1.807) is 4.90 Å². The van der Waals surface area contributed by atoms with Gasteiger partial charge in [-0.25, -0.2) is 0 Å². The van der Waals surface area contributed by atoms with E-state index in [9.17, 15) is 14.4 Å². The summed E-state index contributed by atoms with van der Waals surface area (Å²) in [5.41, 5.74) is 1.64. The number of para-hydroxylation sites is 1. The second kappa shape index (κ2) is 9.22. The molecular weight excluding hydrogens is 466 g/mol. The third-order valence-corrected chi connectivity index (χ3v) is 6.95. The maximum Gasteiger partial charge on any atom is 0.250 e. The Balaban J connectivity index is 1.49. The van der Waals surface area contributed by atoms with E-state index < -0.39 is 5.25 Å². The maximum absolute atomic E-state index is 13.2. The molecule has 156 valence electrons. The highest BCUT2D eigenvalue weighted by molar-refractivity contribution is 9.10. The zero-order chi connectivity index (χ0) is 21.1. The molecule has 1 N–H and O–H groups in total. The first-order valence-corrected chi connectivity index (χ1v) is 11.6. The van der Waals surface area contributed by atoms with Gasteiger partial charge in [0.05, 0.1) is 5.69 Å². The Morgan fingerprint density at radius 2 is 1.87 bits per heavy atom. The van der Waals surface area contributed by atoms with Gasteiger partial charge in [-0.1, -0.05) is 40.2 Å². The highest BCUT2D eigenvalue weighted by Gasteiger charge is 2.41. The van der Waals surface area contributed by atoms with Crippen molar-refractivity contribution in [1.29, 1.82) is 0 Å². The third-order valence-electron chi connectivity index (χ3n) is 5.21. The first-order chi connectivity index (χ1) is 14.5. The number of hydrogen-bond acceptors (Lipinski definition) is 4. The molecule has 8 heteroatoms. The lowest BCUT2D eigenvalue weighted by molar-refractivity contribution is -0.134. The van der Waals surface area contributed by atoms with Gasteiger partial charge in [-0.05, 0) is 42.7 Å². The van der Waals surface area contributed by atoms with E-state index in [4.69, 9.17) is 0 Å². The molecule has 6 nitrogen and oxygen atoms in total. The van der Waals surface area contributed by atoms with Gasteiger partial charge in [0.25, 0.3) is 5.91 Å². The van der Waals surface area contributed by atoms with Gasteiger partial charge in [-0.3, -0.25) is 14.4 Å². The fourth-order valence-electron chi connectivity index (χ4n) is 3.69. The molecule has 0 bridgehead atoms. The molecule has 0 unspecified atom stereocenters. The average Bonchev–Trinajstić information content (AvgIpc) is 3.28. The largest absolute Gasteiger partial charge is 0.350 e. The van der Waals surface area contributed by atoms with Crippen LogP contribution in [-0.4, -0.2) is 47.5 Å². The zero-order valence-corrected chi connectivity index (χ0v) is 18.7. The lowest BCUT2D eigenvalue weighted by atomic mass is 10.2. The number of hydrogen-bond donors (Lipinski definition) is 1. The number of carbonyl (C=O) groups excluding carboxylic acids is 3. The molecule has 0 radical (unpaired) electrons. The third kappa shape index (κ3) is 4.54. The van der Waals surface area contributed by atoms with Crippen LogP contribution in [0.4, 0.5) is 5.69 Å². The summed E-state index contributed by atoms with van der Waals surface area (Å²) >= 11 is 4.70. The Kier molecular flexibility index (Phi) is 6.43. The number of rotatable bonds is 5. The van der Waals surface area contributed by atoms with Crippen molar-refractivity contribution in [2.24, 2.45) is 0 Å². The molecule has 0 saturated carbocycles. The minimum absolute atomic E-state index is 0.117. The summed E-state index contributed by atoms with van der Waals surface area (Å²) in [4.78, 5) is 42.8. The number of nitrogens with zero attached hydrogens (tertiary/aromatic N) is 2. The quantitative estimate of drug-likeness (QED) is 0.657. The van der Waals surface area contributed by atoms with E-state index in [-0.39, 0.29) is 24.3 Å². The van der Waals surface area contributed by atoms with Crippen LogP contribution in [0.25, 0.3) is 0 Å². The van der Waals surface area contributed by atoms with Gasteiger partial charge < -0.3 is 15.1 Å². The Morgan fingerprint density at radius 1 is 1.10 bits per heavy atom. The monoisotopic (exact) mass is 487 g/mol. The van der Waals surface area contributed by atoms with Crippen LogP contribution in [0.15, 0.2) is 57.9 Å². The molecule has 4 rings (SSSR count). The summed E-state index contributed by atoms with van der Waals surface area (Å²) in [7, 11) is 0. The predicted octanol–water partition coefficient (Wildman–Crippen LogP) is 3.20. The number of likely N-dealkylation sites (tertiary alicyclic amines) is 1. The second-order valence-corrected chi connectivity index (χ2v) is 9.39. The van der Waals surface area contributed by atoms with E-state index in [1.165, 1.54) is 16.7 Å². The minimum Gasteiger partial charge on any atom is -0.350 e. The smallest absolute Gasteiger partial charge is 0.250 e. The number of carbonyl (C=O) groups is 3. The van der Waals surface area contributed by atoms with Gasteiger partial charge in [-0.15, -0.1) is 11.8 Å². The molecule has 2 aromatic rings. The number of amides is 3. The molecule has 1 saturated heterocycles. The summed E-state index contributed by atoms with van der Waals surface area (Å²) in [5, 5.41) is 2.03. The van der Waals surface area contributed by atoms with Crippen LogP contribution in [0, 0.1) is 0 Å². The van der Waals surface area contributed by atoms with Crippen LogP contribution >= 0.6 is 27.7 Å². The van der Waals surface area contributed by atoms with E-state index in [0.29, 0.717) is 25.3 Å². The summed E-state index contributed by atoms with van der Waals surface area (Å²) in [5.74, 6) is -0.748. The molecule has 1 fully saturated rings. The van der Waals surface area contributed by atoms with Crippen molar-refractivity contribution >= 4 is 51.1 Å². The fourth-order valence-corrected chi connectivity index (χ4v) is 5.32. The first kappa shape index (κ1) is 20.9. The van der Waals surface area contributed by atoms with Crippen molar-refractivity contribution in [2.45, 2.75) is 29.5 Å². The molecule has 3 amide bonds. The average molecular weight is 488 g/mol. The topological polar surface area (TPSA) is 69.7 Å². The molecule has 30 heavy (non-hydrogen) atoms. The Morgan fingerprint density at radius 3 is 2.63 bits per heavy atom. The zero-order valence-electron chi connectivity index (χ0n) is 16.3. The van der Waals surface area contributed by atoms with Crippen molar-refractivity contribution < 1.29 is 14.4 Å². The van der Waals surface area contributed by atoms with E-state index in [1.807, 2.05) is 48.5 Å². The summed E-state index contributed by atoms with van der Waals surface area (Å²) in [6.07, 6.45) is 1.94. The molecule has 1 atom stereocenters. The highest BCUT2D eigenvalue weighted by atomic mass is 79.9. The normalized spacial score (nSPS) is 18.3. The van der Waals surface area contributed by atoms with Gasteiger partial charge in [-0.2, -0.15) is 0 Å². The number of anilines is 1. The van der Waals surface area contributed by atoms with Crippen LogP contribution in [0.1, 0.15) is 18.4 Å². The van der Waals surface area contributed by atoms with Crippen LogP contribution in [-0.2, 0) is 20.9 Å². The number of nitrogens with one attached hydrogen (secondary N) is 1. The maximum atomic E-state index is 13.2. The van der Waals surface area contributed by atoms with Crippen molar-refractivity contribution in [1.82, 2.24) is 10.2 Å². The SMILES string of the molecule is O=C(CN1C(=O)[C@@H](C(=O)N2CCCC2)Sc2ccccc21)NCc1cccc(Br)c1. The molecule has 2 heterocycles. The van der Waals surface area contributed by atoms with Crippen molar-refractivity contribution in [2.75, 3.05) is 24.5 Å². The van der Waals surface area contributed by atoms with Crippen molar-refractivity contribution in [3.63, 3.8) is 0 Å².